The van der Waals surface area contributed by atoms with Crippen LogP contribution in [0.25, 0.3) is 0 Å². The summed E-state index contributed by atoms with van der Waals surface area (Å²) in [6, 6.07) is 0. The van der Waals surface area contributed by atoms with Gasteiger partial charge in [-0.05, 0) is 12.8 Å². The normalized spacial score (nSPS) is 15.2. The Morgan fingerprint density at radius 3 is 1.00 bits per heavy atom. The number of allylic oxidation sites excluding steroid dienone is 8. The maximum absolute atomic E-state index is 4.58. The zero-order valence-electron chi connectivity index (χ0n) is 6.71. The number of halogens is 1. The molecule has 70 valence electrons. The van der Waals surface area contributed by atoms with Crippen LogP contribution in [0.2, 0.25) is 0 Å². The molecule has 0 nitrogen and oxygen atoms in total. The van der Waals surface area contributed by atoms with Gasteiger partial charge in [0.25, 0.3) is 0 Å². The first-order valence-electron chi connectivity index (χ1n) is 3.75. The fraction of sp³-hybridized carbons (Fsp3) is 0.200. The molecular formula is C10H12AuCl. The zero-order valence-corrected chi connectivity index (χ0v) is 9.63. The second-order valence-electron chi connectivity index (χ2n) is 2.18. The van der Waals surface area contributed by atoms with Gasteiger partial charge >= 0.3 is 29.2 Å². The van der Waals surface area contributed by atoms with E-state index in [4.69, 9.17) is 0 Å². The third kappa shape index (κ3) is 8.09. The molecule has 2 aliphatic carbocycles. The molecule has 0 saturated heterocycles. The van der Waals surface area contributed by atoms with Crippen molar-refractivity contribution in [3.8, 4) is 0 Å². The van der Waals surface area contributed by atoms with Crippen molar-refractivity contribution in [2.24, 2.45) is 0 Å². The van der Waals surface area contributed by atoms with Gasteiger partial charge in [0.2, 0.25) is 0 Å². The van der Waals surface area contributed by atoms with Crippen LogP contribution in [0.15, 0.2) is 48.6 Å². The Kier molecular flexibility index (Phi) is 11.0. The molecule has 0 saturated carbocycles. The monoisotopic (exact) mass is 364 g/mol. The van der Waals surface area contributed by atoms with Crippen molar-refractivity contribution in [2.45, 2.75) is 12.8 Å². The van der Waals surface area contributed by atoms with E-state index in [1.807, 2.05) is 0 Å². The zero-order chi connectivity index (χ0) is 9.07. The number of hydrogen-bond acceptors (Lipinski definition) is 0. The van der Waals surface area contributed by atoms with Crippen molar-refractivity contribution in [3.63, 3.8) is 0 Å². The molecule has 2 rings (SSSR count). The first-order chi connectivity index (χ1) is 6.00. The Labute approximate surface area is 90.4 Å². The summed E-state index contributed by atoms with van der Waals surface area (Å²) >= 11 is 1.75. The van der Waals surface area contributed by atoms with E-state index in [1.54, 1.807) is 20.0 Å². The van der Waals surface area contributed by atoms with Crippen LogP contribution >= 0.6 is 9.19 Å². The van der Waals surface area contributed by atoms with Gasteiger partial charge in [-0.3, -0.25) is 0 Å². The average molecular weight is 365 g/mol. The molecule has 0 aromatic carbocycles. The molecule has 0 bridgehead atoms. The molecule has 0 amide bonds. The number of hydrogen-bond donors (Lipinski definition) is 0. The number of rotatable bonds is 0. The van der Waals surface area contributed by atoms with E-state index < -0.39 is 0 Å². The first kappa shape index (κ1) is 12.0. The van der Waals surface area contributed by atoms with Gasteiger partial charge in [0.05, 0.1) is 0 Å². The summed E-state index contributed by atoms with van der Waals surface area (Å²) in [6.45, 7) is 0. The van der Waals surface area contributed by atoms with Crippen molar-refractivity contribution in [2.75, 3.05) is 0 Å². The minimum absolute atomic E-state index is 1.14. The van der Waals surface area contributed by atoms with E-state index in [0.717, 1.165) is 12.8 Å². The van der Waals surface area contributed by atoms with Gasteiger partial charge in [-0.15, -0.1) is 0 Å². The fourth-order valence-electron chi connectivity index (χ4n) is 0.786. The van der Waals surface area contributed by atoms with Crippen LogP contribution in [0, 0.1) is 0 Å². The summed E-state index contributed by atoms with van der Waals surface area (Å²) in [5, 5.41) is 0. The van der Waals surface area contributed by atoms with Crippen molar-refractivity contribution in [1.82, 2.24) is 0 Å². The fourth-order valence-corrected chi connectivity index (χ4v) is 0.786. The predicted molar refractivity (Wildman–Crippen MR) is 51.6 cm³/mol. The molecule has 0 aliphatic heterocycles. The molecule has 0 aromatic heterocycles. The van der Waals surface area contributed by atoms with Gasteiger partial charge in [-0.2, -0.15) is 0 Å². The SMILES string of the molecule is C1=CCC=C1.C1=CCC=C1.[Cl][Au]. The van der Waals surface area contributed by atoms with Crippen LogP contribution in [-0.2, 0) is 20.0 Å². The summed E-state index contributed by atoms with van der Waals surface area (Å²) in [7, 11) is 4.58. The minimum atomic E-state index is 1.14. The second kappa shape index (κ2) is 11.0. The van der Waals surface area contributed by atoms with Crippen molar-refractivity contribution < 1.29 is 20.0 Å². The van der Waals surface area contributed by atoms with Crippen molar-refractivity contribution in [3.05, 3.63) is 48.6 Å². The van der Waals surface area contributed by atoms with Crippen LogP contribution in [0.5, 0.6) is 0 Å². The predicted octanol–water partition coefficient (Wildman–Crippen LogP) is 3.69. The molecule has 12 heavy (non-hydrogen) atoms. The standard InChI is InChI=1S/2C5H6.Au.ClH/c2*1-2-4-5-3-1;;/h2*1-4H,5H2;;1H/q;;+1;/p-1. The van der Waals surface area contributed by atoms with E-state index in [2.05, 4.69) is 57.8 Å². The summed E-state index contributed by atoms with van der Waals surface area (Å²) in [6.07, 6.45) is 19.0. The van der Waals surface area contributed by atoms with Gasteiger partial charge in [0, 0.05) is 0 Å². The summed E-state index contributed by atoms with van der Waals surface area (Å²) in [5.74, 6) is 0. The van der Waals surface area contributed by atoms with Crippen molar-refractivity contribution in [1.29, 1.82) is 0 Å². The van der Waals surface area contributed by atoms with Gasteiger partial charge < -0.3 is 0 Å². The molecule has 0 radical (unpaired) electrons. The molecule has 0 N–H and O–H groups in total. The molecule has 0 spiro atoms. The Morgan fingerprint density at radius 1 is 0.667 bits per heavy atom. The molecule has 0 fully saturated rings. The van der Waals surface area contributed by atoms with Gasteiger partial charge in [-0.1, -0.05) is 48.6 Å². The molecule has 0 unspecified atom stereocenters. The maximum atomic E-state index is 4.58. The Bertz CT molecular complexity index is 148. The quantitative estimate of drug-likeness (QED) is 0.575. The van der Waals surface area contributed by atoms with E-state index in [-0.39, 0.29) is 0 Å². The van der Waals surface area contributed by atoms with Crippen molar-refractivity contribution >= 4 is 9.19 Å². The summed E-state index contributed by atoms with van der Waals surface area (Å²) in [5.41, 5.74) is 0. The molecule has 0 heterocycles. The third-order valence-electron chi connectivity index (χ3n) is 1.31. The first-order valence-corrected chi connectivity index (χ1v) is 6.43. The molecular weight excluding hydrogens is 353 g/mol. The third-order valence-corrected chi connectivity index (χ3v) is 1.31. The van der Waals surface area contributed by atoms with Crippen LogP contribution in [0.3, 0.4) is 0 Å². The Balaban J connectivity index is 0.000000168. The van der Waals surface area contributed by atoms with E-state index in [1.165, 1.54) is 0 Å². The Morgan fingerprint density at radius 2 is 0.917 bits per heavy atom. The van der Waals surface area contributed by atoms with Crippen LogP contribution in [0.1, 0.15) is 12.8 Å². The Hall–Kier alpha value is -0.00974. The topological polar surface area (TPSA) is 0 Å². The van der Waals surface area contributed by atoms with E-state index in [0.29, 0.717) is 0 Å². The van der Waals surface area contributed by atoms with Crippen LogP contribution in [-0.4, -0.2) is 0 Å². The molecule has 2 aliphatic rings. The van der Waals surface area contributed by atoms with Crippen LogP contribution < -0.4 is 0 Å². The van der Waals surface area contributed by atoms with Gasteiger partial charge in [-0.25, -0.2) is 0 Å². The summed E-state index contributed by atoms with van der Waals surface area (Å²) in [4.78, 5) is 0. The second-order valence-corrected chi connectivity index (χ2v) is 2.18. The molecule has 0 atom stereocenters. The average Bonchev–Trinajstić information content (AvgIpc) is 2.87. The van der Waals surface area contributed by atoms with Crippen LogP contribution in [0.4, 0.5) is 0 Å². The van der Waals surface area contributed by atoms with E-state index >= 15 is 0 Å². The van der Waals surface area contributed by atoms with E-state index in [9.17, 15) is 0 Å². The van der Waals surface area contributed by atoms with Gasteiger partial charge in [0.1, 0.15) is 0 Å². The van der Waals surface area contributed by atoms with Gasteiger partial charge in [0.15, 0.2) is 0 Å². The molecule has 0 aromatic rings. The summed E-state index contributed by atoms with van der Waals surface area (Å²) < 4.78 is 0. The molecule has 2 heteroatoms.